The third-order valence-corrected chi connectivity index (χ3v) is 0.841. The van der Waals surface area contributed by atoms with Gasteiger partial charge in [0.05, 0.1) is 6.42 Å². The van der Waals surface area contributed by atoms with Crippen molar-refractivity contribution in [2.75, 3.05) is 0 Å². The normalized spacial score (nSPS) is 11.9. The average molecular weight is 157 g/mol. The lowest BCUT2D eigenvalue weighted by molar-refractivity contribution is -0.153. The summed E-state index contributed by atoms with van der Waals surface area (Å²) in [5, 5.41) is 0. The number of hydrogen-bond donors (Lipinski definition) is 1. The van der Waals surface area contributed by atoms with Crippen molar-refractivity contribution < 1.29 is 9.53 Å². The summed E-state index contributed by atoms with van der Waals surface area (Å²) in [4.78, 5) is 10.9. The van der Waals surface area contributed by atoms with Crippen molar-refractivity contribution in [2.24, 2.45) is 5.73 Å². The summed E-state index contributed by atoms with van der Waals surface area (Å²) in [5.41, 5.74) is 4.65. The van der Waals surface area contributed by atoms with E-state index in [1.165, 1.54) is 6.20 Å². The number of ether oxygens (including phenoxy) is 1. The molecule has 0 aromatic heterocycles. The molecule has 0 saturated carbocycles. The van der Waals surface area contributed by atoms with Crippen molar-refractivity contribution in [3.8, 4) is 0 Å². The largest absolute Gasteiger partial charge is 0.460 e. The van der Waals surface area contributed by atoms with Crippen molar-refractivity contribution in [2.45, 2.75) is 32.8 Å². The van der Waals surface area contributed by atoms with Crippen molar-refractivity contribution >= 4 is 5.97 Å². The number of rotatable bonds is 2. The van der Waals surface area contributed by atoms with E-state index in [4.69, 9.17) is 10.5 Å². The Hall–Kier alpha value is -0.990. The molecule has 0 aliphatic carbocycles. The van der Waals surface area contributed by atoms with Gasteiger partial charge in [-0.3, -0.25) is 4.79 Å². The Labute approximate surface area is 67.2 Å². The molecular formula is C8H15NO2. The molecule has 11 heavy (non-hydrogen) atoms. The lowest BCUT2D eigenvalue weighted by atomic mass is 10.2. The Balaban J connectivity index is 3.70. The van der Waals surface area contributed by atoms with E-state index in [-0.39, 0.29) is 12.4 Å². The fraction of sp³-hybridized carbons (Fsp3) is 0.625. The molecule has 0 spiro atoms. The molecule has 0 fully saturated rings. The molecule has 0 saturated heterocycles. The van der Waals surface area contributed by atoms with Crippen LogP contribution in [0.15, 0.2) is 12.3 Å². The predicted octanol–water partition coefficient (Wildman–Crippen LogP) is 1.19. The Kier molecular flexibility index (Phi) is 3.65. The first kappa shape index (κ1) is 10.0. The number of esters is 1. The van der Waals surface area contributed by atoms with Crippen LogP contribution in [0.3, 0.4) is 0 Å². The Bertz CT molecular complexity index is 156. The smallest absolute Gasteiger partial charge is 0.310 e. The van der Waals surface area contributed by atoms with Crippen LogP contribution >= 0.6 is 0 Å². The van der Waals surface area contributed by atoms with Gasteiger partial charge in [-0.1, -0.05) is 6.08 Å². The first-order chi connectivity index (χ1) is 4.95. The van der Waals surface area contributed by atoms with Crippen molar-refractivity contribution in [3.05, 3.63) is 12.3 Å². The van der Waals surface area contributed by atoms with Gasteiger partial charge in [0.1, 0.15) is 5.60 Å². The van der Waals surface area contributed by atoms with Crippen LogP contribution in [0.5, 0.6) is 0 Å². The summed E-state index contributed by atoms with van der Waals surface area (Å²) in [7, 11) is 0. The second-order valence-corrected chi connectivity index (χ2v) is 3.22. The third kappa shape index (κ3) is 6.90. The molecule has 0 aliphatic heterocycles. The van der Waals surface area contributed by atoms with E-state index in [9.17, 15) is 4.79 Å². The van der Waals surface area contributed by atoms with Crippen LogP contribution in [0.1, 0.15) is 27.2 Å². The lowest BCUT2D eigenvalue weighted by Crippen LogP contribution is -2.23. The molecule has 64 valence electrons. The maximum absolute atomic E-state index is 10.9. The Morgan fingerprint density at radius 3 is 2.45 bits per heavy atom. The highest BCUT2D eigenvalue weighted by molar-refractivity contribution is 5.71. The van der Waals surface area contributed by atoms with Gasteiger partial charge >= 0.3 is 5.97 Å². The molecule has 0 unspecified atom stereocenters. The highest BCUT2D eigenvalue weighted by Gasteiger charge is 2.14. The van der Waals surface area contributed by atoms with Gasteiger partial charge in [-0.05, 0) is 27.0 Å². The SMILES string of the molecule is CC(C)(C)OC(=O)CC=CN. The summed E-state index contributed by atoms with van der Waals surface area (Å²) in [6.07, 6.45) is 3.14. The molecular weight excluding hydrogens is 142 g/mol. The first-order valence-electron chi connectivity index (χ1n) is 3.54. The molecule has 3 heteroatoms. The molecule has 0 atom stereocenters. The van der Waals surface area contributed by atoms with Crippen LogP contribution in [0, 0.1) is 0 Å². The molecule has 0 aromatic carbocycles. The van der Waals surface area contributed by atoms with Crippen molar-refractivity contribution in [1.29, 1.82) is 0 Å². The molecule has 0 bridgehead atoms. The maximum atomic E-state index is 10.9. The van der Waals surface area contributed by atoms with Gasteiger partial charge in [0.15, 0.2) is 0 Å². The molecule has 0 aromatic rings. The highest BCUT2D eigenvalue weighted by atomic mass is 16.6. The van der Waals surface area contributed by atoms with Gasteiger partial charge in [0.2, 0.25) is 0 Å². The van der Waals surface area contributed by atoms with Crippen LogP contribution in [0.25, 0.3) is 0 Å². The summed E-state index contributed by atoms with van der Waals surface area (Å²) in [6.45, 7) is 5.49. The minimum absolute atomic E-state index is 0.244. The van der Waals surface area contributed by atoms with Gasteiger partial charge < -0.3 is 10.5 Å². The molecule has 0 radical (unpaired) electrons. The van der Waals surface area contributed by atoms with Crippen molar-refractivity contribution in [3.63, 3.8) is 0 Å². The second-order valence-electron chi connectivity index (χ2n) is 3.22. The van der Waals surface area contributed by atoms with Crippen LogP contribution in [-0.4, -0.2) is 11.6 Å². The number of carbonyl (C=O) groups is 1. The molecule has 0 heterocycles. The van der Waals surface area contributed by atoms with Crippen LogP contribution < -0.4 is 5.73 Å². The van der Waals surface area contributed by atoms with Gasteiger partial charge in [-0.2, -0.15) is 0 Å². The molecule has 0 amide bonds. The number of carbonyl (C=O) groups excluding carboxylic acids is 1. The summed E-state index contributed by atoms with van der Waals surface area (Å²) in [5.74, 6) is -0.251. The van der Waals surface area contributed by atoms with E-state index in [0.29, 0.717) is 0 Å². The van der Waals surface area contributed by atoms with Crippen molar-refractivity contribution in [1.82, 2.24) is 0 Å². The minimum atomic E-state index is -0.403. The fourth-order valence-electron chi connectivity index (χ4n) is 0.547. The minimum Gasteiger partial charge on any atom is -0.460 e. The monoisotopic (exact) mass is 157 g/mol. The van der Waals surface area contributed by atoms with E-state index in [1.807, 2.05) is 20.8 Å². The molecule has 0 rings (SSSR count). The van der Waals surface area contributed by atoms with E-state index in [0.717, 1.165) is 0 Å². The first-order valence-corrected chi connectivity index (χ1v) is 3.54. The van der Waals surface area contributed by atoms with Gasteiger partial charge in [-0.15, -0.1) is 0 Å². The highest BCUT2D eigenvalue weighted by Crippen LogP contribution is 2.07. The third-order valence-electron chi connectivity index (χ3n) is 0.841. The van der Waals surface area contributed by atoms with Crippen LogP contribution in [0.2, 0.25) is 0 Å². The standard InChI is InChI=1S/C8H15NO2/c1-8(2,3)11-7(10)5-4-6-9/h4,6H,5,9H2,1-3H3. The van der Waals surface area contributed by atoms with Gasteiger partial charge in [0, 0.05) is 0 Å². The zero-order chi connectivity index (χ0) is 8.91. The van der Waals surface area contributed by atoms with Gasteiger partial charge in [0.25, 0.3) is 0 Å². The fourth-order valence-corrected chi connectivity index (χ4v) is 0.547. The Morgan fingerprint density at radius 1 is 1.55 bits per heavy atom. The van der Waals surface area contributed by atoms with E-state index in [2.05, 4.69) is 0 Å². The van der Waals surface area contributed by atoms with E-state index < -0.39 is 5.60 Å². The summed E-state index contributed by atoms with van der Waals surface area (Å²) in [6, 6.07) is 0. The van der Waals surface area contributed by atoms with Crippen LogP contribution in [0.4, 0.5) is 0 Å². The van der Waals surface area contributed by atoms with Gasteiger partial charge in [-0.25, -0.2) is 0 Å². The second kappa shape index (κ2) is 4.01. The number of hydrogen-bond acceptors (Lipinski definition) is 3. The predicted molar refractivity (Wildman–Crippen MR) is 43.8 cm³/mol. The van der Waals surface area contributed by atoms with E-state index in [1.54, 1.807) is 6.08 Å². The Morgan fingerprint density at radius 2 is 2.09 bits per heavy atom. The zero-order valence-electron chi connectivity index (χ0n) is 7.26. The average Bonchev–Trinajstić information content (AvgIpc) is 1.79. The maximum Gasteiger partial charge on any atom is 0.310 e. The molecule has 2 N–H and O–H groups in total. The zero-order valence-corrected chi connectivity index (χ0v) is 7.26. The van der Waals surface area contributed by atoms with Crippen LogP contribution in [-0.2, 0) is 9.53 Å². The number of nitrogens with two attached hydrogens (primary N) is 1. The summed E-state index contributed by atoms with van der Waals surface area (Å²) >= 11 is 0. The lowest BCUT2D eigenvalue weighted by Gasteiger charge is -2.18. The molecule has 3 nitrogen and oxygen atoms in total. The molecule has 0 aliphatic rings. The quantitative estimate of drug-likeness (QED) is 0.612. The van der Waals surface area contributed by atoms with E-state index >= 15 is 0 Å². The topological polar surface area (TPSA) is 52.3 Å². The summed E-state index contributed by atoms with van der Waals surface area (Å²) < 4.78 is 4.99.